The summed E-state index contributed by atoms with van der Waals surface area (Å²) in [7, 11) is 0. The predicted molar refractivity (Wildman–Crippen MR) is 155 cm³/mol. The van der Waals surface area contributed by atoms with Crippen molar-refractivity contribution in [2.45, 2.75) is 35.1 Å². The molecule has 2 saturated heterocycles. The van der Waals surface area contributed by atoms with Crippen molar-refractivity contribution in [2.24, 2.45) is 17.8 Å². The molecular formula is C31H23Cl2FN2O5S. The number of likely N-dealkylation sites (tertiary alicyclic amines) is 1. The smallest absolute Gasteiger partial charge is 0.258 e. The van der Waals surface area contributed by atoms with Gasteiger partial charge in [0.05, 0.1) is 24.1 Å². The molecule has 2 aliphatic carbocycles. The molecule has 11 heteroatoms. The fourth-order valence-electron chi connectivity index (χ4n) is 7.26. The third-order valence-corrected chi connectivity index (χ3v) is 11.4. The first kappa shape index (κ1) is 27.3. The molecule has 0 bridgehead atoms. The van der Waals surface area contributed by atoms with Crippen molar-refractivity contribution in [1.82, 2.24) is 4.90 Å². The van der Waals surface area contributed by atoms with Crippen LogP contribution in [0.2, 0.25) is 0 Å². The number of allylic oxidation sites excluding steroid dienone is 2. The number of hydrogen-bond donors (Lipinski definition) is 1. The summed E-state index contributed by atoms with van der Waals surface area (Å²) in [6, 6.07) is 14.9. The highest BCUT2D eigenvalue weighted by molar-refractivity contribution is 7.09. The molecule has 7 nitrogen and oxygen atoms in total. The van der Waals surface area contributed by atoms with Gasteiger partial charge < -0.3 is 5.11 Å². The molecule has 1 aromatic heterocycles. The molecule has 7 rings (SSSR count). The second-order valence-electron chi connectivity index (χ2n) is 11.2. The van der Waals surface area contributed by atoms with E-state index in [-0.39, 0.29) is 48.2 Å². The van der Waals surface area contributed by atoms with Gasteiger partial charge >= 0.3 is 0 Å². The average Bonchev–Trinajstić information content (AvgIpc) is 3.61. The lowest BCUT2D eigenvalue weighted by Crippen LogP contribution is -2.60. The summed E-state index contributed by atoms with van der Waals surface area (Å²) >= 11 is 16.0. The van der Waals surface area contributed by atoms with Crippen LogP contribution >= 0.6 is 34.5 Å². The first-order valence-electron chi connectivity index (χ1n) is 13.5. The van der Waals surface area contributed by atoms with E-state index in [2.05, 4.69) is 0 Å². The summed E-state index contributed by atoms with van der Waals surface area (Å²) in [5.41, 5.74) is 0.965. The van der Waals surface area contributed by atoms with Crippen LogP contribution in [0.25, 0.3) is 0 Å². The van der Waals surface area contributed by atoms with Gasteiger partial charge in [-0.1, -0.05) is 35.9 Å². The number of fused-ring (bicyclic) bond motifs is 4. The second-order valence-corrected chi connectivity index (χ2v) is 13.4. The van der Waals surface area contributed by atoms with Gasteiger partial charge in [-0.3, -0.25) is 24.1 Å². The number of phenols is 1. The van der Waals surface area contributed by atoms with Crippen LogP contribution in [-0.4, -0.2) is 43.4 Å². The molecule has 6 unspecified atom stereocenters. The minimum Gasteiger partial charge on any atom is -0.508 e. The molecule has 1 saturated carbocycles. The highest BCUT2D eigenvalue weighted by atomic mass is 35.5. The Morgan fingerprint density at radius 1 is 0.929 bits per heavy atom. The summed E-state index contributed by atoms with van der Waals surface area (Å²) in [5, 5.41) is 12.9. The van der Waals surface area contributed by atoms with Crippen LogP contribution in [0, 0.1) is 23.6 Å². The highest BCUT2D eigenvalue weighted by Gasteiger charge is 2.76. The number of thiophene rings is 1. The van der Waals surface area contributed by atoms with Crippen LogP contribution in [0.4, 0.5) is 10.1 Å². The van der Waals surface area contributed by atoms with E-state index < -0.39 is 51.1 Å². The van der Waals surface area contributed by atoms with Gasteiger partial charge in [0.25, 0.3) is 11.8 Å². The Bertz CT molecular complexity index is 1700. The average molecular weight is 626 g/mol. The molecule has 1 N–H and O–H groups in total. The van der Waals surface area contributed by atoms with Gasteiger partial charge in [0.2, 0.25) is 11.8 Å². The van der Waals surface area contributed by atoms with Crippen molar-refractivity contribution >= 4 is 63.9 Å². The molecule has 4 aliphatic rings. The number of aromatic hydroxyl groups is 1. The Morgan fingerprint density at radius 3 is 2.36 bits per heavy atom. The first-order valence-corrected chi connectivity index (χ1v) is 15.1. The largest absolute Gasteiger partial charge is 0.508 e. The van der Waals surface area contributed by atoms with E-state index in [1.54, 1.807) is 18.2 Å². The number of carbonyl (C=O) groups is 4. The lowest BCUT2D eigenvalue weighted by molar-refractivity contribution is -0.141. The molecule has 42 heavy (non-hydrogen) atoms. The molecule has 2 aliphatic heterocycles. The van der Waals surface area contributed by atoms with Gasteiger partial charge in [0, 0.05) is 16.4 Å². The topological polar surface area (TPSA) is 95.0 Å². The zero-order valence-electron chi connectivity index (χ0n) is 21.9. The maximum absolute atomic E-state index is 14.3. The standard InChI is InChI=1S/C31H23Cl2FN2O5S/c32-30-14-22-19(11-12-21-24(22)27(39)35(26(21)38)15-18-4-3-13-42-18)25(20-5-1-2-6-23(20)37)31(30,33)29(41)36(28(30)40)17-9-7-16(34)8-10-17/h1-11,13,21-22,24-25,37H,12,14-15H2. The van der Waals surface area contributed by atoms with Crippen molar-refractivity contribution < 1.29 is 28.7 Å². The minimum absolute atomic E-state index is 0.0981. The zero-order chi connectivity index (χ0) is 29.6. The van der Waals surface area contributed by atoms with Crippen molar-refractivity contribution in [3.8, 4) is 5.75 Å². The number of anilines is 1. The summed E-state index contributed by atoms with van der Waals surface area (Å²) in [5.74, 6) is -6.23. The molecular weight excluding hydrogens is 602 g/mol. The number of carbonyl (C=O) groups excluding carboxylic acids is 4. The quantitative estimate of drug-likeness (QED) is 0.240. The van der Waals surface area contributed by atoms with E-state index in [9.17, 15) is 28.7 Å². The van der Waals surface area contributed by atoms with E-state index in [1.807, 2.05) is 23.6 Å². The van der Waals surface area contributed by atoms with Crippen LogP contribution in [0.5, 0.6) is 5.75 Å². The second kappa shape index (κ2) is 9.49. The predicted octanol–water partition coefficient (Wildman–Crippen LogP) is 5.36. The van der Waals surface area contributed by atoms with Crippen LogP contribution < -0.4 is 4.90 Å². The van der Waals surface area contributed by atoms with Crippen molar-refractivity contribution in [3.05, 3.63) is 94.0 Å². The first-order chi connectivity index (χ1) is 20.1. The number of phenolic OH excluding ortho intramolecular Hbond substituents is 1. The van der Waals surface area contributed by atoms with Gasteiger partial charge in [0.1, 0.15) is 11.6 Å². The number of alkyl halides is 2. The third-order valence-electron chi connectivity index (χ3n) is 9.13. The summed E-state index contributed by atoms with van der Waals surface area (Å²) < 4.78 is 13.7. The number of halogens is 3. The maximum Gasteiger partial charge on any atom is 0.258 e. The van der Waals surface area contributed by atoms with Gasteiger partial charge in [-0.15, -0.1) is 34.5 Å². The molecule has 2 aromatic carbocycles. The van der Waals surface area contributed by atoms with Crippen LogP contribution in [0.15, 0.2) is 77.7 Å². The molecule has 0 spiro atoms. The van der Waals surface area contributed by atoms with E-state index in [4.69, 9.17) is 23.2 Å². The van der Waals surface area contributed by atoms with E-state index >= 15 is 0 Å². The van der Waals surface area contributed by atoms with Crippen LogP contribution in [-0.2, 0) is 25.7 Å². The molecule has 6 atom stereocenters. The Kier molecular flexibility index (Phi) is 6.17. The van der Waals surface area contributed by atoms with Crippen molar-refractivity contribution in [2.75, 3.05) is 4.90 Å². The Labute approximate surface area is 254 Å². The summed E-state index contributed by atoms with van der Waals surface area (Å²) in [4.78, 5) is 54.8. The van der Waals surface area contributed by atoms with Gasteiger partial charge in [-0.25, -0.2) is 9.29 Å². The number of nitrogens with zero attached hydrogens (tertiary/aromatic N) is 2. The monoisotopic (exact) mass is 624 g/mol. The lowest BCUT2D eigenvalue weighted by Gasteiger charge is -2.50. The number of imide groups is 2. The lowest BCUT2D eigenvalue weighted by atomic mass is 9.56. The fourth-order valence-corrected chi connectivity index (χ4v) is 8.87. The molecule has 214 valence electrons. The van der Waals surface area contributed by atoms with Crippen molar-refractivity contribution in [1.29, 1.82) is 0 Å². The van der Waals surface area contributed by atoms with Crippen LogP contribution in [0.3, 0.4) is 0 Å². The van der Waals surface area contributed by atoms with Gasteiger partial charge in [0.15, 0.2) is 9.75 Å². The number of rotatable bonds is 4. The maximum atomic E-state index is 14.3. The SMILES string of the molecule is O=C1C2CC=C3C(CC4(Cl)C(=O)N(c5ccc(F)cc5)C(=O)C4(Cl)C3c3ccccc3O)C2C(=O)N1Cc1cccs1. The molecule has 4 amide bonds. The zero-order valence-corrected chi connectivity index (χ0v) is 24.2. The fraction of sp³-hybridized carbons (Fsp3) is 0.290. The van der Waals surface area contributed by atoms with E-state index in [1.165, 1.54) is 34.4 Å². The Balaban J connectivity index is 1.38. The molecule has 3 fully saturated rings. The minimum atomic E-state index is -2.09. The normalized spacial score (nSPS) is 32.1. The van der Waals surface area contributed by atoms with E-state index in [0.717, 1.165) is 21.9 Å². The summed E-state index contributed by atoms with van der Waals surface area (Å²) in [6.45, 7) is 0.147. The van der Waals surface area contributed by atoms with Crippen LogP contribution in [0.1, 0.15) is 29.2 Å². The third kappa shape index (κ3) is 3.56. The number of para-hydroxylation sites is 1. The molecule has 3 heterocycles. The van der Waals surface area contributed by atoms with E-state index in [0.29, 0.717) is 5.57 Å². The molecule has 3 aromatic rings. The number of benzene rings is 2. The van der Waals surface area contributed by atoms with Crippen molar-refractivity contribution in [3.63, 3.8) is 0 Å². The van der Waals surface area contributed by atoms with Gasteiger partial charge in [-0.2, -0.15) is 0 Å². The number of amides is 4. The molecule has 0 radical (unpaired) electrons. The summed E-state index contributed by atoms with van der Waals surface area (Å²) in [6.07, 6.45) is 1.88. The Morgan fingerprint density at radius 2 is 1.67 bits per heavy atom. The highest BCUT2D eigenvalue weighted by Crippen LogP contribution is 2.66. The number of hydrogen-bond acceptors (Lipinski definition) is 6. The van der Waals surface area contributed by atoms with Gasteiger partial charge in [-0.05, 0) is 60.5 Å². The Hall–Kier alpha value is -3.53.